The second-order valence-corrected chi connectivity index (χ2v) is 7.31. The summed E-state index contributed by atoms with van der Waals surface area (Å²) in [5.41, 5.74) is 3.25. The Morgan fingerprint density at radius 3 is 2.32 bits per heavy atom. The molecule has 1 fully saturated rings. The Morgan fingerprint density at radius 2 is 1.71 bits per heavy atom. The number of esters is 1. The summed E-state index contributed by atoms with van der Waals surface area (Å²) in [6.45, 7) is 1.71. The van der Waals surface area contributed by atoms with Gasteiger partial charge in [-0.05, 0) is 31.0 Å². The molecule has 2 N–H and O–H groups in total. The minimum absolute atomic E-state index is 0.172. The number of aliphatic hydroxyl groups is 1. The first-order valence-electron chi connectivity index (χ1n) is 9.18. The Morgan fingerprint density at radius 1 is 1.11 bits per heavy atom. The van der Waals surface area contributed by atoms with Crippen LogP contribution in [-0.2, 0) is 9.53 Å². The quantitative estimate of drug-likeness (QED) is 0.631. The van der Waals surface area contributed by atoms with Crippen molar-refractivity contribution in [1.82, 2.24) is 5.43 Å². The van der Waals surface area contributed by atoms with Gasteiger partial charge in [0.25, 0.3) is 5.91 Å². The van der Waals surface area contributed by atoms with Crippen LogP contribution in [-0.4, -0.2) is 35.4 Å². The summed E-state index contributed by atoms with van der Waals surface area (Å²) in [7, 11) is 1.33. The van der Waals surface area contributed by atoms with E-state index in [0.29, 0.717) is 17.7 Å². The molecule has 0 radical (unpaired) electrons. The number of methoxy groups -OCH3 is 1. The minimum atomic E-state index is -1.05. The van der Waals surface area contributed by atoms with Crippen LogP contribution in [0.25, 0.3) is 0 Å². The van der Waals surface area contributed by atoms with Crippen LogP contribution in [0.4, 0.5) is 0 Å². The zero-order chi connectivity index (χ0) is 20.1. The van der Waals surface area contributed by atoms with Crippen LogP contribution in [0.2, 0.25) is 0 Å². The van der Waals surface area contributed by atoms with Gasteiger partial charge in [-0.1, -0.05) is 48.5 Å². The van der Waals surface area contributed by atoms with Gasteiger partial charge in [0.05, 0.1) is 18.4 Å². The summed E-state index contributed by atoms with van der Waals surface area (Å²) in [5.74, 6) is -1.79. The smallest absolute Gasteiger partial charge is 0.315 e. The summed E-state index contributed by atoms with van der Waals surface area (Å²) in [4.78, 5) is 24.9. The zero-order valence-electron chi connectivity index (χ0n) is 16.0. The van der Waals surface area contributed by atoms with Crippen molar-refractivity contribution in [2.45, 2.75) is 31.3 Å². The van der Waals surface area contributed by atoms with Gasteiger partial charge in [0.15, 0.2) is 0 Å². The largest absolute Gasteiger partial charge is 0.468 e. The Hall–Kier alpha value is -2.99. The minimum Gasteiger partial charge on any atom is -0.468 e. The number of carbonyl (C=O) groups excluding carboxylic acids is 2. The van der Waals surface area contributed by atoms with Crippen molar-refractivity contribution >= 4 is 17.6 Å². The number of amides is 1. The SMILES string of the molecule is COC(=O)[C@@H]1/C(=N\NC(=O)c2ccccc2)C[C@@](C)(O)C[C@@H]1c1ccccc1. The number of hydrogen-bond acceptors (Lipinski definition) is 5. The van der Waals surface area contributed by atoms with Gasteiger partial charge in [0, 0.05) is 17.9 Å². The van der Waals surface area contributed by atoms with Crippen molar-refractivity contribution < 1.29 is 19.4 Å². The van der Waals surface area contributed by atoms with E-state index in [1.54, 1.807) is 31.2 Å². The highest BCUT2D eigenvalue weighted by Crippen LogP contribution is 2.41. The van der Waals surface area contributed by atoms with Crippen LogP contribution in [0.1, 0.15) is 41.6 Å². The first kappa shape index (κ1) is 19.8. The normalized spacial score (nSPS) is 25.9. The molecule has 6 heteroatoms. The monoisotopic (exact) mass is 380 g/mol. The zero-order valence-corrected chi connectivity index (χ0v) is 16.0. The highest BCUT2D eigenvalue weighted by molar-refractivity contribution is 6.05. The van der Waals surface area contributed by atoms with Gasteiger partial charge in [0.2, 0.25) is 0 Å². The third-order valence-corrected chi connectivity index (χ3v) is 5.00. The molecule has 146 valence electrons. The van der Waals surface area contributed by atoms with Crippen LogP contribution in [0.5, 0.6) is 0 Å². The lowest BCUT2D eigenvalue weighted by atomic mass is 9.68. The van der Waals surface area contributed by atoms with Gasteiger partial charge < -0.3 is 9.84 Å². The summed E-state index contributed by atoms with van der Waals surface area (Å²) in [6.07, 6.45) is 0.563. The van der Waals surface area contributed by atoms with Crippen molar-refractivity contribution in [3.8, 4) is 0 Å². The number of benzene rings is 2. The first-order chi connectivity index (χ1) is 13.4. The molecule has 1 aliphatic carbocycles. The second kappa shape index (κ2) is 8.35. The van der Waals surface area contributed by atoms with Gasteiger partial charge in [-0.25, -0.2) is 5.43 Å². The highest BCUT2D eigenvalue weighted by Gasteiger charge is 2.45. The van der Waals surface area contributed by atoms with Gasteiger partial charge in [-0.15, -0.1) is 0 Å². The van der Waals surface area contributed by atoms with Gasteiger partial charge >= 0.3 is 5.97 Å². The number of carbonyl (C=O) groups is 2. The van der Waals surface area contributed by atoms with Crippen molar-refractivity contribution in [2.24, 2.45) is 11.0 Å². The molecular formula is C22H24N2O4. The molecule has 2 aromatic rings. The molecule has 3 rings (SSSR count). The molecule has 1 amide bonds. The maximum absolute atomic E-state index is 12.6. The molecule has 0 heterocycles. The molecule has 0 spiro atoms. The van der Waals surface area contributed by atoms with E-state index in [1.165, 1.54) is 7.11 Å². The maximum Gasteiger partial charge on any atom is 0.315 e. The average molecular weight is 380 g/mol. The Kier molecular flexibility index (Phi) is 5.90. The van der Waals surface area contributed by atoms with Crippen LogP contribution in [0, 0.1) is 5.92 Å². The van der Waals surface area contributed by atoms with Crippen molar-refractivity contribution in [3.63, 3.8) is 0 Å². The number of nitrogens with one attached hydrogen (secondary N) is 1. The molecule has 1 aliphatic rings. The highest BCUT2D eigenvalue weighted by atomic mass is 16.5. The van der Waals surface area contributed by atoms with Crippen LogP contribution < -0.4 is 5.43 Å². The van der Waals surface area contributed by atoms with E-state index in [1.807, 2.05) is 36.4 Å². The molecule has 6 nitrogen and oxygen atoms in total. The lowest BCUT2D eigenvalue weighted by molar-refractivity contribution is -0.144. The maximum atomic E-state index is 12.6. The van der Waals surface area contributed by atoms with Crippen LogP contribution in [0.15, 0.2) is 65.8 Å². The van der Waals surface area contributed by atoms with E-state index < -0.39 is 17.5 Å². The van der Waals surface area contributed by atoms with E-state index in [0.717, 1.165) is 5.56 Å². The van der Waals surface area contributed by atoms with Crippen molar-refractivity contribution in [1.29, 1.82) is 0 Å². The number of ether oxygens (including phenoxy) is 1. The average Bonchev–Trinajstić information content (AvgIpc) is 2.71. The molecule has 0 unspecified atom stereocenters. The molecule has 2 aromatic carbocycles. The topological polar surface area (TPSA) is 88.0 Å². The predicted molar refractivity (Wildman–Crippen MR) is 106 cm³/mol. The van der Waals surface area contributed by atoms with Crippen LogP contribution >= 0.6 is 0 Å². The lowest BCUT2D eigenvalue weighted by Crippen LogP contribution is -2.46. The standard InChI is InChI=1S/C22H24N2O4/c1-22(27)13-17(15-9-5-3-6-10-15)19(21(26)28-2)18(14-22)23-24-20(25)16-11-7-4-8-12-16/h3-12,17,19,27H,13-14H2,1-2H3,(H,24,25)/b23-18-/t17-,19+,22+/m1/s1. The third kappa shape index (κ3) is 4.46. The van der Waals surface area contributed by atoms with E-state index in [2.05, 4.69) is 10.5 Å². The first-order valence-corrected chi connectivity index (χ1v) is 9.18. The van der Waals surface area contributed by atoms with E-state index in [-0.39, 0.29) is 18.2 Å². The van der Waals surface area contributed by atoms with E-state index >= 15 is 0 Å². The number of hydrazone groups is 1. The lowest BCUT2D eigenvalue weighted by Gasteiger charge is -2.39. The molecule has 0 aliphatic heterocycles. The molecule has 0 aromatic heterocycles. The fourth-order valence-corrected chi connectivity index (χ4v) is 3.72. The summed E-state index contributed by atoms with van der Waals surface area (Å²) in [6, 6.07) is 18.2. The molecule has 1 saturated carbocycles. The number of nitrogens with zero attached hydrogens (tertiary/aromatic N) is 1. The molecule has 3 atom stereocenters. The van der Waals surface area contributed by atoms with E-state index in [4.69, 9.17) is 4.74 Å². The summed E-state index contributed by atoms with van der Waals surface area (Å²) < 4.78 is 5.02. The van der Waals surface area contributed by atoms with Crippen LogP contribution in [0.3, 0.4) is 0 Å². The Bertz CT molecular complexity index is 863. The third-order valence-electron chi connectivity index (χ3n) is 5.00. The summed E-state index contributed by atoms with van der Waals surface area (Å²) in [5, 5.41) is 15.0. The molecule has 28 heavy (non-hydrogen) atoms. The van der Waals surface area contributed by atoms with Gasteiger partial charge in [-0.3, -0.25) is 9.59 Å². The predicted octanol–water partition coefficient (Wildman–Crippen LogP) is 2.89. The molecular weight excluding hydrogens is 356 g/mol. The fraction of sp³-hybridized carbons (Fsp3) is 0.318. The Balaban J connectivity index is 1.94. The second-order valence-electron chi connectivity index (χ2n) is 7.31. The molecule has 0 saturated heterocycles. The number of rotatable bonds is 4. The Labute approximate surface area is 164 Å². The van der Waals surface area contributed by atoms with Gasteiger partial charge in [-0.2, -0.15) is 5.10 Å². The van der Waals surface area contributed by atoms with Crippen molar-refractivity contribution in [2.75, 3.05) is 7.11 Å². The summed E-state index contributed by atoms with van der Waals surface area (Å²) >= 11 is 0. The molecule has 0 bridgehead atoms. The fourth-order valence-electron chi connectivity index (χ4n) is 3.72. The van der Waals surface area contributed by atoms with E-state index in [9.17, 15) is 14.7 Å². The van der Waals surface area contributed by atoms with Crippen molar-refractivity contribution in [3.05, 3.63) is 71.8 Å². The number of hydrogen-bond donors (Lipinski definition) is 2. The van der Waals surface area contributed by atoms with Gasteiger partial charge in [0.1, 0.15) is 5.92 Å².